The van der Waals surface area contributed by atoms with Gasteiger partial charge in [-0.1, -0.05) is 11.3 Å². The molecule has 0 saturated carbocycles. The van der Waals surface area contributed by atoms with E-state index in [1.54, 1.807) is 6.20 Å². The number of hydrogen-bond acceptors (Lipinski definition) is 4. The number of H-pyrrole nitrogens is 1. The van der Waals surface area contributed by atoms with Crippen molar-refractivity contribution >= 4 is 26.8 Å². The zero-order valence-electron chi connectivity index (χ0n) is 4.46. The van der Waals surface area contributed by atoms with Gasteiger partial charge < -0.3 is 5.73 Å². The fourth-order valence-electron chi connectivity index (χ4n) is 0.669. The van der Waals surface area contributed by atoms with Crippen LogP contribution in [-0.2, 0) is 0 Å². The van der Waals surface area contributed by atoms with E-state index in [4.69, 9.17) is 5.73 Å². The minimum absolute atomic E-state index is 0.582. The number of anilines is 1. The highest BCUT2D eigenvalue weighted by Gasteiger charge is 1.99. The Labute approximate surface area is 54.7 Å². The van der Waals surface area contributed by atoms with E-state index in [-0.39, 0.29) is 0 Å². The van der Waals surface area contributed by atoms with Gasteiger partial charge in [0, 0.05) is 0 Å². The number of thiazole rings is 1. The van der Waals surface area contributed by atoms with Crippen LogP contribution >= 0.6 is 11.3 Å². The molecule has 0 aliphatic rings. The van der Waals surface area contributed by atoms with Crippen LogP contribution in [0.25, 0.3) is 10.3 Å². The Morgan fingerprint density at radius 2 is 2.56 bits per heavy atom. The summed E-state index contributed by atoms with van der Waals surface area (Å²) in [4.78, 5) is 4.91. The SMILES string of the molecule is Nc1nc2cn[nH]c2s1. The molecular formula is C4H4N4S. The molecule has 0 unspecified atom stereocenters. The maximum absolute atomic E-state index is 5.39. The van der Waals surface area contributed by atoms with E-state index in [1.165, 1.54) is 11.3 Å². The van der Waals surface area contributed by atoms with Crippen molar-refractivity contribution in [3.05, 3.63) is 6.20 Å². The van der Waals surface area contributed by atoms with Gasteiger partial charge in [-0.15, -0.1) is 0 Å². The maximum Gasteiger partial charge on any atom is 0.182 e. The average molecular weight is 140 g/mol. The Balaban J connectivity index is 2.92. The van der Waals surface area contributed by atoms with Gasteiger partial charge in [-0.05, 0) is 0 Å². The van der Waals surface area contributed by atoms with Crippen molar-refractivity contribution in [2.75, 3.05) is 5.73 Å². The van der Waals surface area contributed by atoms with Gasteiger partial charge in [-0.2, -0.15) is 5.10 Å². The monoisotopic (exact) mass is 140 g/mol. The molecule has 2 heterocycles. The molecule has 46 valence electrons. The van der Waals surface area contributed by atoms with Gasteiger partial charge >= 0.3 is 0 Å². The lowest BCUT2D eigenvalue weighted by Crippen LogP contribution is -1.78. The van der Waals surface area contributed by atoms with Gasteiger partial charge in [0.2, 0.25) is 0 Å². The first kappa shape index (κ1) is 4.75. The third kappa shape index (κ3) is 0.580. The van der Waals surface area contributed by atoms with Crippen molar-refractivity contribution in [3.63, 3.8) is 0 Å². The minimum Gasteiger partial charge on any atom is -0.375 e. The van der Waals surface area contributed by atoms with Gasteiger partial charge in [-0.3, -0.25) is 5.10 Å². The first-order chi connectivity index (χ1) is 4.36. The molecule has 5 heteroatoms. The molecule has 2 rings (SSSR count). The van der Waals surface area contributed by atoms with Crippen molar-refractivity contribution in [1.29, 1.82) is 0 Å². The molecule has 0 radical (unpaired) electrons. The molecule has 0 aromatic carbocycles. The molecule has 2 aromatic rings. The minimum atomic E-state index is 0.582. The van der Waals surface area contributed by atoms with E-state index in [0.717, 1.165) is 10.3 Å². The van der Waals surface area contributed by atoms with Gasteiger partial charge in [-0.25, -0.2) is 4.98 Å². The molecule has 4 nitrogen and oxygen atoms in total. The van der Waals surface area contributed by atoms with Crippen LogP contribution in [0, 0.1) is 0 Å². The van der Waals surface area contributed by atoms with E-state index in [2.05, 4.69) is 15.2 Å². The maximum atomic E-state index is 5.39. The first-order valence-corrected chi connectivity index (χ1v) is 3.23. The highest BCUT2D eigenvalue weighted by molar-refractivity contribution is 7.21. The summed E-state index contributed by atoms with van der Waals surface area (Å²) in [5.41, 5.74) is 6.24. The summed E-state index contributed by atoms with van der Waals surface area (Å²) in [6.07, 6.45) is 1.65. The highest BCUT2D eigenvalue weighted by Crippen LogP contribution is 2.19. The number of hydrogen-bond donors (Lipinski definition) is 2. The molecule has 0 spiro atoms. The van der Waals surface area contributed by atoms with Crippen molar-refractivity contribution in [3.8, 4) is 0 Å². The second kappa shape index (κ2) is 1.44. The second-order valence-electron chi connectivity index (χ2n) is 1.64. The fourth-order valence-corrected chi connectivity index (χ4v) is 1.32. The van der Waals surface area contributed by atoms with Crippen LogP contribution in [0.5, 0.6) is 0 Å². The number of nitrogens with two attached hydrogens (primary N) is 1. The smallest absolute Gasteiger partial charge is 0.182 e. The molecule has 0 atom stereocenters. The molecular weight excluding hydrogens is 136 g/mol. The van der Waals surface area contributed by atoms with E-state index in [0.29, 0.717) is 5.13 Å². The predicted molar refractivity (Wildman–Crippen MR) is 36.2 cm³/mol. The number of nitrogen functional groups attached to an aromatic ring is 1. The normalized spacial score (nSPS) is 10.7. The number of aromatic nitrogens is 3. The summed E-state index contributed by atoms with van der Waals surface area (Å²) >= 11 is 1.41. The van der Waals surface area contributed by atoms with Crippen molar-refractivity contribution in [2.45, 2.75) is 0 Å². The zero-order chi connectivity index (χ0) is 6.27. The van der Waals surface area contributed by atoms with Crippen LogP contribution < -0.4 is 5.73 Å². The van der Waals surface area contributed by atoms with Crippen LogP contribution in [0.3, 0.4) is 0 Å². The lowest BCUT2D eigenvalue weighted by Gasteiger charge is -1.71. The topological polar surface area (TPSA) is 67.6 Å². The molecule has 0 saturated heterocycles. The summed E-state index contributed by atoms with van der Waals surface area (Å²) < 4.78 is 0. The van der Waals surface area contributed by atoms with Crippen molar-refractivity contribution in [2.24, 2.45) is 0 Å². The van der Waals surface area contributed by atoms with Crippen molar-refractivity contribution in [1.82, 2.24) is 15.2 Å². The molecule has 0 amide bonds. The Hall–Kier alpha value is -1.10. The fraction of sp³-hybridized carbons (Fsp3) is 0. The Morgan fingerprint density at radius 1 is 1.67 bits per heavy atom. The first-order valence-electron chi connectivity index (χ1n) is 2.41. The van der Waals surface area contributed by atoms with Crippen LogP contribution in [0.15, 0.2) is 6.20 Å². The van der Waals surface area contributed by atoms with E-state index >= 15 is 0 Å². The van der Waals surface area contributed by atoms with Crippen molar-refractivity contribution < 1.29 is 0 Å². The molecule has 0 bridgehead atoms. The van der Waals surface area contributed by atoms with Gasteiger partial charge in [0.05, 0.1) is 6.20 Å². The van der Waals surface area contributed by atoms with E-state index in [9.17, 15) is 0 Å². The van der Waals surface area contributed by atoms with E-state index < -0.39 is 0 Å². The Morgan fingerprint density at radius 3 is 3.33 bits per heavy atom. The van der Waals surface area contributed by atoms with E-state index in [1.807, 2.05) is 0 Å². The highest BCUT2D eigenvalue weighted by atomic mass is 32.1. The van der Waals surface area contributed by atoms with Crippen LogP contribution in [0.1, 0.15) is 0 Å². The summed E-state index contributed by atoms with van der Waals surface area (Å²) in [6.45, 7) is 0. The number of aromatic amines is 1. The molecule has 9 heavy (non-hydrogen) atoms. The average Bonchev–Trinajstić information content (AvgIpc) is 2.22. The molecule has 2 aromatic heterocycles. The number of rotatable bonds is 0. The lowest BCUT2D eigenvalue weighted by atomic mass is 10.7. The summed E-state index contributed by atoms with van der Waals surface area (Å²) in [5, 5.41) is 7.12. The second-order valence-corrected chi connectivity index (χ2v) is 2.67. The molecule has 0 aliphatic carbocycles. The standard InChI is InChI=1S/C4H4N4S/c5-4-7-2-1-6-8-3(2)9-4/h1H,(H2,5,7)(H,6,8). The Bertz CT molecular complexity index is 293. The summed E-state index contributed by atoms with van der Waals surface area (Å²) in [7, 11) is 0. The van der Waals surface area contributed by atoms with Crippen LogP contribution in [0.2, 0.25) is 0 Å². The van der Waals surface area contributed by atoms with Crippen LogP contribution in [-0.4, -0.2) is 15.2 Å². The molecule has 0 fully saturated rings. The zero-order valence-corrected chi connectivity index (χ0v) is 5.27. The number of nitrogens with zero attached hydrogens (tertiary/aromatic N) is 2. The van der Waals surface area contributed by atoms with Gasteiger partial charge in [0.1, 0.15) is 10.3 Å². The third-order valence-corrected chi connectivity index (χ3v) is 1.83. The summed E-state index contributed by atoms with van der Waals surface area (Å²) in [6, 6.07) is 0. The lowest BCUT2D eigenvalue weighted by molar-refractivity contribution is 1.12. The number of fused-ring (bicyclic) bond motifs is 1. The quantitative estimate of drug-likeness (QED) is 0.563. The van der Waals surface area contributed by atoms with Gasteiger partial charge in [0.15, 0.2) is 5.13 Å². The third-order valence-electron chi connectivity index (χ3n) is 1.02. The number of nitrogens with one attached hydrogen (secondary N) is 1. The van der Waals surface area contributed by atoms with Crippen LogP contribution in [0.4, 0.5) is 5.13 Å². The Kier molecular flexibility index (Phi) is 0.762. The predicted octanol–water partition coefficient (Wildman–Crippen LogP) is 0.602. The van der Waals surface area contributed by atoms with Gasteiger partial charge in [0.25, 0.3) is 0 Å². The largest absolute Gasteiger partial charge is 0.375 e. The molecule has 3 N–H and O–H groups in total. The molecule has 0 aliphatic heterocycles. The summed E-state index contributed by atoms with van der Waals surface area (Å²) in [5.74, 6) is 0.